The number of carbonyl (C=O) groups is 1. The van der Waals surface area contributed by atoms with Gasteiger partial charge in [0.2, 0.25) is 0 Å². The molecule has 98 valence electrons. The SMILES string of the molecule is CC(=O)c1cc(F)c(C)cc1SC1CCOCC1. The molecule has 1 saturated heterocycles. The van der Waals surface area contributed by atoms with Crippen molar-refractivity contribution in [3.63, 3.8) is 0 Å². The molecule has 0 saturated carbocycles. The van der Waals surface area contributed by atoms with Crippen LogP contribution in [0.25, 0.3) is 0 Å². The van der Waals surface area contributed by atoms with Gasteiger partial charge in [-0.25, -0.2) is 4.39 Å². The minimum absolute atomic E-state index is 0.0801. The molecule has 2 nitrogen and oxygen atoms in total. The number of benzene rings is 1. The number of halogens is 1. The topological polar surface area (TPSA) is 26.3 Å². The maximum absolute atomic E-state index is 13.5. The number of thioether (sulfide) groups is 1. The quantitative estimate of drug-likeness (QED) is 0.783. The maximum atomic E-state index is 13.5. The van der Waals surface area contributed by atoms with Gasteiger partial charge >= 0.3 is 0 Å². The first-order valence-corrected chi connectivity index (χ1v) is 7.01. The molecule has 1 heterocycles. The number of ketones is 1. The average molecular weight is 268 g/mol. The summed E-state index contributed by atoms with van der Waals surface area (Å²) in [7, 11) is 0. The summed E-state index contributed by atoms with van der Waals surface area (Å²) in [6, 6.07) is 3.14. The van der Waals surface area contributed by atoms with E-state index in [4.69, 9.17) is 4.74 Å². The van der Waals surface area contributed by atoms with Crippen LogP contribution in [0.3, 0.4) is 0 Å². The highest BCUT2D eigenvalue weighted by Gasteiger charge is 2.19. The fourth-order valence-electron chi connectivity index (χ4n) is 2.00. The second kappa shape index (κ2) is 5.85. The van der Waals surface area contributed by atoms with Crippen molar-refractivity contribution in [2.45, 2.75) is 36.8 Å². The van der Waals surface area contributed by atoms with Crippen LogP contribution in [0.2, 0.25) is 0 Å². The van der Waals surface area contributed by atoms with Gasteiger partial charge in [0.1, 0.15) is 5.82 Å². The average Bonchev–Trinajstić information content (AvgIpc) is 2.34. The molecule has 0 atom stereocenters. The highest BCUT2D eigenvalue weighted by molar-refractivity contribution is 8.00. The van der Waals surface area contributed by atoms with Crippen molar-refractivity contribution < 1.29 is 13.9 Å². The van der Waals surface area contributed by atoms with Gasteiger partial charge in [-0.1, -0.05) is 0 Å². The first-order valence-electron chi connectivity index (χ1n) is 6.13. The standard InChI is InChI=1S/C14H17FO2S/c1-9-7-14(12(10(2)16)8-13(9)15)18-11-3-5-17-6-4-11/h7-8,11H,3-6H2,1-2H3. The molecule has 0 amide bonds. The Morgan fingerprint density at radius 2 is 2.06 bits per heavy atom. The lowest BCUT2D eigenvalue weighted by Gasteiger charge is -2.22. The Balaban J connectivity index is 2.24. The van der Waals surface area contributed by atoms with Crippen LogP contribution in [-0.4, -0.2) is 24.2 Å². The summed E-state index contributed by atoms with van der Waals surface area (Å²) in [5.74, 6) is -0.389. The summed E-state index contributed by atoms with van der Waals surface area (Å²) in [5.41, 5.74) is 1.09. The molecular formula is C14H17FO2S. The van der Waals surface area contributed by atoms with E-state index < -0.39 is 0 Å². The number of hydrogen-bond donors (Lipinski definition) is 0. The zero-order chi connectivity index (χ0) is 13.1. The summed E-state index contributed by atoms with van der Waals surface area (Å²) in [6.07, 6.45) is 1.97. The number of Topliss-reactive ketones (excluding diaryl/α,β-unsaturated/α-hetero) is 1. The van der Waals surface area contributed by atoms with Crippen molar-refractivity contribution in [1.82, 2.24) is 0 Å². The smallest absolute Gasteiger partial charge is 0.161 e. The van der Waals surface area contributed by atoms with Gasteiger partial charge in [-0.3, -0.25) is 4.79 Å². The molecule has 0 spiro atoms. The lowest BCUT2D eigenvalue weighted by Crippen LogP contribution is -2.17. The molecule has 0 N–H and O–H groups in total. The van der Waals surface area contributed by atoms with E-state index in [1.807, 2.05) is 0 Å². The molecule has 1 aliphatic heterocycles. The fourth-order valence-corrected chi connectivity index (χ4v) is 3.36. The van der Waals surface area contributed by atoms with Gasteiger partial charge in [0.15, 0.2) is 5.78 Å². The Morgan fingerprint density at radius 1 is 1.39 bits per heavy atom. The van der Waals surface area contributed by atoms with Crippen molar-refractivity contribution in [3.05, 3.63) is 29.1 Å². The molecule has 1 fully saturated rings. The largest absolute Gasteiger partial charge is 0.381 e. The van der Waals surface area contributed by atoms with Crippen LogP contribution in [-0.2, 0) is 4.74 Å². The molecule has 0 aliphatic carbocycles. The Bertz CT molecular complexity index is 453. The van der Waals surface area contributed by atoms with Crippen LogP contribution in [0.4, 0.5) is 4.39 Å². The summed E-state index contributed by atoms with van der Waals surface area (Å²) in [6.45, 7) is 4.76. The molecule has 1 aliphatic rings. The molecule has 4 heteroatoms. The predicted octanol–water partition coefficient (Wildman–Crippen LogP) is 3.61. The van der Waals surface area contributed by atoms with E-state index >= 15 is 0 Å². The van der Waals surface area contributed by atoms with Gasteiger partial charge in [-0.15, -0.1) is 11.8 Å². The summed E-state index contributed by atoms with van der Waals surface area (Å²) in [5, 5.41) is 0.460. The van der Waals surface area contributed by atoms with Crippen LogP contribution in [0, 0.1) is 12.7 Å². The summed E-state index contributed by atoms with van der Waals surface area (Å²) in [4.78, 5) is 12.5. The van der Waals surface area contributed by atoms with Crippen molar-refractivity contribution >= 4 is 17.5 Å². The molecule has 18 heavy (non-hydrogen) atoms. The zero-order valence-electron chi connectivity index (χ0n) is 10.7. The first kappa shape index (κ1) is 13.6. The second-order valence-corrected chi connectivity index (χ2v) is 5.93. The summed E-state index contributed by atoms with van der Waals surface area (Å²) >= 11 is 1.67. The third-order valence-electron chi connectivity index (χ3n) is 3.10. The van der Waals surface area contributed by atoms with Crippen LogP contribution in [0.1, 0.15) is 35.7 Å². The fraction of sp³-hybridized carbons (Fsp3) is 0.500. The number of rotatable bonds is 3. The van der Waals surface area contributed by atoms with E-state index in [-0.39, 0.29) is 11.6 Å². The van der Waals surface area contributed by atoms with Crippen LogP contribution >= 0.6 is 11.8 Å². The molecule has 0 bridgehead atoms. The molecular weight excluding hydrogens is 251 g/mol. The van der Waals surface area contributed by atoms with Crippen molar-refractivity contribution in [3.8, 4) is 0 Å². The maximum Gasteiger partial charge on any atom is 0.161 e. The first-order chi connectivity index (χ1) is 8.58. The van der Waals surface area contributed by atoms with Gasteiger partial charge in [-0.05, 0) is 44.4 Å². The van der Waals surface area contributed by atoms with E-state index in [1.165, 1.54) is 13.0 Å². The molecule has 2 rings (SSSR count). The van der Waals surface area contributed by atoms with Gasteiger partial charge in [0, 0.05) is 28.9 Å². The van der Waals surface area contributed by atoms with E-state index in [0.29, 0.717) is 16.4 Å². The minimum Gasteiger partial charge on any atom is -0.381 e. The van der Waals surface area contributed by atoms with E-state index in [1.54, 1.807) is 24.8 Å². The highest BCUT2D eigenvalue weighted by Crippen LogP contribution is 2.33. The zero-order valence-corrected chi connectivity index (χ0v) is 11.5. The van der Waals surface area contributed by atoms with Crippen molar-refractivity contribution in [2.75, 3.05) is 13.2 Å². The molecule has 0 radical (unpaired) electrons. The second-order valence-electron chi connectivity index (χ2n) is 4.58. The number of ether oxygens (including phenoxy) is 1. The Morgan fingerprint density at radius 3 is 2.67 bits per heavy atom. The molecule has 0 aromatic heterocycles. The van der Waals surface area contributed by atoms with E-state index in [9.17, 15) is 9.18 Å². The van der Waals surface area contributed by atoms with Crippen molar-refractivity contribution in [2.24, 2.45) is 0 Å². The molecule has 1 aromatic carbocycles. The monoisotopic (exact) mass is 268 g/mol. The highest BCUT2D eigenvalue weighted by atomic mass is 32.2. The Labute approximate surface area is 111 Å². The van der Waals surface area contributed by atoms with Gasteiger partial charge in [0.05, 0.1) is 0 Å². The van der Waals surface area contributed by atoms with Gasteiger partial charge in [0.25, 0.3) is 0 Å². The van der Waals surface area contributed by atoms with Crippen LogP contribution < -0.4 is 0 Å². The van der Waals surface area contributed by atoms with Crippen molar-refractivity contribution in [1.29, 1.82) is 0 Å². The number of carbonyl (C=O) groups excluding carboxylic acids is 1. The van der Waals surface area contributed by atoms with Gasteiger partial charge < -0.3 is 4.74 Å². The van der Waals surface area contributed by atoms with Gasteiger partial charge in [-0.2, -0.15) is 0 Å². The minimum atomic E-state index is -0.309. The van der Waals surface area contributed by atoms with E-state index in [2.05, 4.69) is 0 Å². The molecule has 1 aromatic rings. The van der Waals surface area contributed by atoms with Crippen LogP contribution in [0.5, 0.6) is 0 Å². The lowest BCUT2D eigenvalue weighted by atomic mass is 10.1. The molecule has 0 unspecified atom stereocenters. The third-order valence-corrected chi connectivity index (χ3v) is 4.50. The van der Waals surface area contributed by atoms with E-state index in [0.717, 1.165) is 31.0 Å². The summed E-state index contributed by atoms with van der Waals surface area (Å²) < 4.78 is 18.8. The Kier molecular flexibility index (Phi) is 4.40. The third kappa shape index (κ3) is 3.12. The normalized spacial score (nSPS) is 16.8. The number of hydrogen-bond acceptors (Lipinski definition) is 3. The lowest BCUT2D eigenvalue weighted by molar-refractivity contribution is 0.0999. The predicted molar refractivity (Wildman–Crippen MR) is 70.8 cm³/mol. The van der Waals surface area contributed by atoms with Crippen LogP contribution in [0.15, 0.2) is 17.0 Å². The number of aryl methyl sites for hydroxylation is 1. The Hall–Kier alpha value is -0.870.